The lowest BCUT2D eigenvalue weighted by atomic mass is 10.2. The molecule has 2 amide bonds. The van der Waals surface area contributed by atoms with E-state index in [1.165, 1.54) is 6.92 Å². The largest absolute Gasteiger partial charge is 0.481 e. The number of carboxylic acids is 2. The van der Waals surface area contributed by atoms with Crippen molar-refractivity contribution in [2.75, 3.05) is 0 Å². The monoisotopic (exact) mass is 338 g/mol. The third-order valence-electron chi connectivity index (χ3n) is 2.93. The first-order chi connectivity index (χ1) is 11.3. The molecule has 1 rings (SSSR count). The van der Waals surface area contributed by atoms with E-state index in [1.54, 1.807) is 30.3 Å². The lowest BCUT2D eigenvalue weighted by Gasteiger charge is -2.18. The summed E-state index contributed by atoms with van der Waals surface area (Å²) in [7, 11) is 0. The minimum Gasteiger partial charge on any atom is -0.481 e. The van der Waals surface area contributed by atoms with Gasteiger partial charge in [-0.3, -0.25) is 14.4 Å². The molecule has 0 spiro atoms. The quantitative estimate of drug-likeness (QED) is 0.535. The minimum atomic E-state index is -1.45. The summed E-state index contributed by atoms with van der Waals surface area (Å²) in [4.78, 5) is 45.1. The molecule has 0 saturated heterocycles. The van der Waals surface area contributed by atoms with Gasteiger partial charge < -0.3 is 25.6 Å². The lowest BCUT2D eigenvalue weighted by molar-refractivity contribution is -0.142. The van der Waals surface area contributed by atoms with Gasteiger partial charge in [0.1, 0.15) is 18.7 Å². The van der Waals surface area contributed by atoms with Gasteiger partial charge in [-0.2, -0.15) is 0 Å². The van der Waals surface area contributed by atoms with Gasteiger partial charge in [0.15, 0.2) is 0 Å². The normalized spacial score (nSPS) is 12.5. The van der Waals surface area contributed by atoms with Crippen molar-refractivity contribution >= 4 is 23.9 Å². The van der Waals surface area contributed by atoms with E-state index in [9.17, 15) is 19.2 Å². The number of hydrogen-bond donors (Lipinski definition) is 4. The van der Waals surface area contributed by atoms with Gasteiger partial charge in [0.2, 0.25) is 5.91 Å². The minimum absolute atomic E-state index is 0.0559. The first-order valence-electron chi connectivity index (χ1n) is 7.01. The van der Waals surface area contributed by atoms with Crippen LogP contribution >= 0.6 is 0 Å². The van der Waals surface area contributed by atoms with E-state index >= 15 is 0 Å². The van der Waals surface area contributed by atoms with Gasteiger partial charge in [0, 0.05) is 0 Å². The molecule has 130 valence electrons. The molecule has 4 N–H and O–H groups in total. The summed E-state index contributed by atoms with van der Waals surface area (Å²) >= 11 is 0. The molecule has 24 heavy (non-hydrogen) atoms. The Balaban J connectivity index is 2.60. The van der Waals surface area contributed by atoms with E-state index in [1.807, 2.05) is 0 Å². The van der Waals surface area contributed by atoms with Gasteiger partial charge in [-0.25, -0.2) is 4.79 Å². The third-order valence-corrected chi connectivity index (χ3v) is 2.93. The summed E-state index contributed by atoms with van der Waals surface area (Å²) in [6, 6.07) is 6.07. The summed E-state index contributed by atoms with van der Waals surface area (Å²) < 4.78 is 4.90. The number of ether oxygens (including phenoxy) is 1. The van der Waals surface area contributed by atoms with Crippen LogP contribution < -0.4 is 10.6 Å². The Hall–Kier alpha value is -3.10. The Morgan fingerprint density at radius 3 is 2.25 bits per heavy atom. The number of aliphatic carboxylic acids is 2. The maximum atomic E-state index is 11.9. The van der Waals surface area contributed by atoms with Crippen LogP contribution in [0.2, 0.25) is 0 Å². The van der Waals surface area contributed by atoms with Crippen molar-refractivity contribution in [3.63, 3.8) is 0 Å². The molecular formula is C15H18N2O7. The highest BCUT2D eigenvalue weighted by atomic mass is 16.5. The molecule has 1 aromatic rings. The molecule has 0 aliphatic rings. The van der Waals surface area contributed by atoms with E-state index in [-0.39, 0.29) is 6.61 Å². The molecule has 0 bridgehead atoms. The topological polar surface area (TPSA) is 142 Å². The van der Waals surface area contributed by atoms with Crippen molar-refractivity contribution in [3.8, 4) is 0 Å². The predicted octanol–water partition coefficient (Wildman–Crippen LogP) is 0.345. The van der Waals surface area contributed by atoms with Crippen molar-refractivity contribution in [1.82, 2.24) is 10.6 Å². The van der Waals surface area contributed by atoms with Gasteiger partial charge in [-0.15, -0.1) is 0 Å². The van der Waals surface area contributed by atoms with Gasteiger partial charge in [0.25, 0.3) is 0 Å². The molecule has 2 atom stereocenters. The molecule has 0 heterocycles. The number of nitrogens with one attached hydrogen (secondary N) is 2. The van der Waals surface area contributed by atoms with Gasteiger partial charge in [-0.1, -0.05) is 30.3 Å². The number of carbonyl (C=O) groups excluding carboxylic acids is 2. The summed E-state index contributed by atoms with van der Waals surface area (Å²) in [6.45, 7) is 1.16. The average molecular weight is 338 g/mol. The predicted molar refractivity (Wildman–Crippen MR) is 81.0 cm³/mol. The van der Waals surface area contributed by atoms with E-state index in [2.05, 4.69) is 10.6 Å². The maximum Gasteiger partial charge on any atom is 0.408 e. The summed E-state index contributed by atoms with van der Waals surface area (Å²) in [5.74, 6) is -3.55. The molecule has 9 nitrogen and oxygen atoms in total. The number of carboxylic acid groups (broad SMARTS) is 2. The number of benzene rings is 1. The van der Waals surface area contributed by atoms with Gasteiger partial charge >= 0.3 is 18.0 Å². The van der Waals surface area contributed by atoms with Gasteiger partial charge in [-0.05, 0) is 12.5 Å². The van der Waals surface area contributed by atoms with Crippen LogP contribution in [0.5, 0.6) is 0 Å². The highest BCUT2D eigenvalue weighted by Gasteiger charge is 2.26. The van der Waals surface area contributed by atoms with Crippen LogP contribution in [-0.2, 0) is 25.7 Å². The number of alkyl carbamates (subject to hydrolysis) is 1. The Labute approximate surface area is 137 Å². The Kier molecular flexibility index (Phi) is 7.21. The summed E-state index contributed by atoms with van der Waals surface area (Å²) in [5.41, 5.74) is 0.714. The molecule has 0 unspecified atom stereocenters. The second-order valence-corrected chi connectivity index (χ2v) is 4.93. The highest BCUT2D eigenvalue weighted by molar-refractivity contribution is 5.91. The zero-order chi connectivity index (χ0) is 18.1. The fourth-order valence-corrected chi connectivity index (χ4v) is 1.67. The van der Waals surface area contributed by atoms with Crippen LogP contribution in [0.1, 0.15) is 18.9 Å². The zero-order valence-electron chi connectivity index (χ0n) is 12.9. The molecule has 9 heteroatoms. The van der Waals surface area contributed by atoms with Crippen molar-refractivity contribution in [2.45, 2.75) is 32.0 Å². The SMILES string of the molecule is C[C@@H](NC(=O)[C@H](CC(=O)O)NC(=O)OCc1ccccc1)C(=O)O. The highest BCUT2D eigenvalue weighted by Crippen LogP contribution is 2.02. The smallest absolute Gasteiger partial charge is 0.408 e. The second kappa shape index (κ2) is 9.13. The van der Waals surface area contributed by atoms with Crippen molar-refractivity contribution in [1.29, 1.82) is 0 Å². The number of amides is 2. The Morgan fingerprint density at radius 1 is 1.08 bits per heavy atom. The van der Waals surface area contributed by atoms with Crippen molar-refractivity contribution in [2.24, 2.45) is 0 Å². The first kappa shape index (κ1) is 18.9. The molecular weight excluding hydrogens is 320 g/mol. The van der Waals surface area contributed by atoms with Crippen molar-refractivity contribution in [3.05, 3.63) is 35.9 Å². The molecule has 0 aromatic heterocycles. The molecule has 0 aliphatic carbocycles. The van der Waals surface area contributed by atoms with E-state index < -0.39 is 42.4 Å². The van der Waals surface area contributed by atoms with E-state index in [4.69, 9.17) is 14.9 Å². The second-order valence-electron chi connectivity index (χ2n) is 4.93. The fraction of sp³-hybridized carbons (Fsp3) is 0.333. The Bertz CT molecular complexity index is 603. The standard InChI is InChI=1S/C15H18N2O7/c1-9(14(21)22)16-13(20)11(7-12(18)19)17-15(23)24-8-10-5-3-2-4-6-10/h2-6,9,11H,7-8H2,1H3,(H,16,20)(H,17,23)(H,18,19)(H,21,22)/t9-,11+/m1/s1. The van der Waals surface area contributed by atoms with Crippen LogP contribution in [0.15, 0.2) is 30.3 Å². The maximum absolute atomic E-state index is 11.9. The number of rotatable bonds is 8. The summed E-state index contributed by atoms with van der Waals surface area (Å²) in [6.07, 6.45) is -1.69. The van der Waals surface area contributed by atoms with Crippen LogP contribution in [0.3, 0.4) is 0 Å². The molecule has 0 aliphatic heterocycles. The zero-order valence-corrected chi connectivity index (χ0v) is 12.9. The summed E-state index contributed by atoms with van der Waals surface area (Å²) in [5, 5.41) is 21.8. The van der Waals surface area contributed by atoms with Crippen LogP contribution in [0, 0.1) is 0 Å². The molecule has 0 radical (unpaired) electrons. The van der Waals surface area contributed by atoms with Gasteiger partial charge in [0.05, 0.1) is 6.42 Å². The first-order valence-corrected chi connectivity index (χ1v) is 7.01. The van der Waals surface area contributed by atoms with Crippen molar-refractivity contribution < 1.29 is 34.1 Å². The number of carbonyl (C=O) groups is 4. The number of hydrogen-bond acceptors (Lipinski definition) is 5. The molecule has 0 fully saturated rings. The third kappa shape index (κ3) is 6.77. The average Bonchev–Trinajstić information content (AvgIpc) is 2.52. The van der Waals surface area contributed by atoms with E-state index in [0.717, 1.165) is 0 Å². The van der Waals surface area contributed by atoms with Crippen LogP contribution in [-0.4, -0.2) is 46.2 Å². The van der Waals surface area contributed by atoms with Crippen LogP contribution in [0.4, 0.5) is 4.79 Å². The van der Waals surface area contributed by atoms with E-state index in [0.29, 0.717) is 5.56 Å². The molecule has 0 saturated carbocycles. The fourth-order valence-electron chi connectivity index (χ4n) is 1.67. The molecule has 1 aromatic carbocycles. The van der Waals surface area contributed by atoms with Crippen LogP contribution in [0.25, 0.3) is 0 Å². The lowest BCUT2D eigenvalue weighted by Crippen LogP contribution is -2.51. The Morgan fingerprint density at radius 2 is 1.71 bits per heavy atom.